The highest BCUT2D eigenvalue weighted by Crippen LogP contribution is 2.41. The summed E-state index contributed by atoms with van der Waals surface area (Å²) in [6.07, 6.45) is 0.867. The van der Waals surface area contributed by atoms with Gasteiger partial charge in [-0.05, 0) is 23.3 Å². The van der Waals surface area contributed by atoms with Gasteiger partial charge in [-0.3, -0.25) is 24.6 Å². The van der Waals surface area contributed by atoms with Gasteiger partial charge in [0.2, 0.25) is 5.91 Å². The minimum atomic E-state index is -4.02. The summed E-state index contributed by atoms with van der Waals surface area (Å²) in [4.78, 5) is 49.8. The summed E-state index contributed by atoms with van der Waals surface area (Å²) in [7, 11) is -4.02. The molecule has 0 aliphatic carbocycles. The van der Waals surface area contributed by atoms with Gasteiger partial charge in [0.1, 0.15) is 18.0 Å². The summed E-state index contributed by atoms with van der Waals surface area (Å²) in [6, 6.07) is 13.3. The number of nitrogens with one attached hydrogen (secondary N) is 1. The zero-order valence-electron chi connectivity index (χ0n) is 19.4. The summed E-state index contributed by atoms with van der Waals surface area (Å²) in [6.45, 7) is -0.288. The highest BCUT2D eigenvalue weighted by Gasteiger charge is 2.55. The lowest BCUT2D eigenvalue weighted by Gasteiger charge is -2.49. The molecular weight excluding hydrogens is 526 g/mol. The van der Waals surface area contributed by atoms with Crippen LogP contribution in [0.3, 0.4) is 0 Å². The van der Waals surface area contributed by atoms with E-state index in [-0.39, 0.29) is 41.8 Å². The molecule has 0 radical (unpaired) electrons. The molecule has 37 heavy (non-hydrogen) atoms. The molecule has 0 bridgehead atoms. The van der Waals surface area contributed by atoms with Gasteiger partial charge in [0.25, 0.3) is 11.6 Å². The Bertz CT molecular complexity index is 1380. The molecule has 1 saturated heterocycles. The maximum atomic E-state index is 13.0. The van der Waals surface area contributed by atoms with Crippen LogP contribution >= 0.6 is 11.8 Å². The molecule has 2 aliphatic rings. The van der Waals surface area contributed by atoms with Crippen molar-refractivity contribution in [3.05, 3.63) is 87.3 Å². The van der Waals surface area contributed by atoms with Crippen LogP contribution in [0.4, 0.5) is 5.69 Å². The van der Waals surface area contributed by atoms with Gasteiger partial charge in [-0.15, -0.1) is 11.8 Å². The first-order valence-electron chi connectivity index (χ1n) is 10.8. The Labute approximate surface area is 215 Å². The number of nitrogens with zero attached hydrogens (tertiary/aromatic N) is 2. The number of hydrogen-bond donors (Lipinski definition) is 1. The van der Waals surface area contributed by atoms with Crippen molar-refractivity contribution in [3.8, 4) is 0 Å². The molecule has 2 aromatic rings. The number of benzene rings is 2. The number of nitro groups is 1. The molecule has 194 valence electrons. The number of carbonyl (C=O) groups is 3. The molecule has 12 nitrogen and oxygen atoms in total. The molecule has 1 unspecified atom stereocenters. The number of non-ortho nitro benzene ring substituents is 1. The molecule has 2 atom stereocenters. The van der Waals surface area contributed by atoms with E-state index in [1.165, 1.54) is 24.3 Å². The molecule has 1 N–H and O–H groups in total. The largest absolute Gasteiger partial charge is 0.456 e. The van der Waals surface area contributed by atoms with Crippen molar-refractivity contribution in [3.63, 3.8) is 0 Å². The molecule has 14 heteroatoms. The van der Waals surface area contributed by atoms with E-state index in [0.717, 1.165) is 28.5 Å². The SMILES string of the molecule is CS(=O)(=O)OC1=C(C(=O)OCc2ccc([N+](=O)[O-])cc2)N2C(=O)C(NC(=O)Cc3ccccc3)[C@@H]2SC1. The minimum absolute atomic E-state index is 0.0599. The van der Waals surface area contributed by atoms with Gasteiger partial charge in [-0.1, -0.05) is 30.3 Å². The Morgan fingerprint density at radius 1 is 1.14 bits per heavy atom. The Morgan fingerprint density at radius 2 is 1.81 bits per heavy atom. The third kappa shape index (κ3) is 6.09. The average Bonchev–Trinajstić information content (AvgIpc) is 2.85. The first kappa shape index (κ1) is 26.2. The molecule has 2 aromatic carbocycles. The van der Waals surface area contributed by atoms with E-state index in [2.05, 4.69) is 5.32 Å². The lowest BCUT2D eigenvalue weighted by atomic mass is 10.0. The lowest BCUT2D eigenvalue weighted by molar-refractivity contribution is -0.384. The van der Waals surface area contributed by atoms with Crippen molar-refractivity contribution in [2.24, 2.45) is 0 Å². The predicted molar refractivity (Wildman–Crippen MR) is 131 cm³/mol. The standard InChI is InChI=1S/C23H21N3O9S2/c1-37(32,33)35-17-13-36-22-19(24-18(27)11-14-5-3-2-4-6-14)21(28)25(22)20(17)23(29)34-12-15-7-9-16(10-8-15)26(30)31/h2-10,19,22H,11-13H2,1H3,(H,24,27)/t19?,22-/m0/s1. The second kappa shape index (κ2) is 10.6. The Balaban J connectivity index is 1.49. The molecule has 2 amide bonds. The fourth-order valence-corrected chi connectivity index (χ4v) is 5.60. The van der Waals surface area contributed by atoms with E-state index in [4.69, 9.17) is 8.92 Å². The molecule has 4 rings (SSSR count). The van der Waals surface area contributed by atoms with Gasteiger partial charge >= 0.3 is 16.1 Å². The molecular formula is C23H21N3O9S2. The quantitative estimate of drug-likeness (QED) is 0.160. The number of nitro benzene ring substituents is 1. The van der Waals surface area contributed by atoms with Crippen molar-refractivity contribution in [2.75, 3.05) is 12.0 Å². The number of β-lactam (4-membered cyclic amide) rings is 1. The van der Waals surface area contributed by atoms with E-state index in [0.29, 0.717) is 5.56 Å². The van der Waals surface area contributed by atoms with Crippen LogP contribution in [0.5, 0.6) is 0 Å². The number of carbonyl (C=O) groups excluding carboxylic acids is 3. The van der Waals surface area contributed by atoms with Gasteiger partial charge in [-0.25, -0.2) is 4.79 Å². The smallest absolute Gasteiger partial charge is 0.359 e. The Kier molecular flexibility index (Phi) is 7.50. The molecule has 0 spiro atoms. The van der Waals surface area contributed by atoms with Crippen molar-refractivity contribution in [2.45, 2.75) is 24.4 Å². The highest BCUT2D eigenvalue weighted by atomic mass is 32.2. The molecule has 2 aliphatic heterocycles. The second-order valence-corrected chi connectivity index (χ2v) is 10.9. The molecule has 2 heterocycles. The summed E-state index contributed by atoms with van der Waals surface area (Å²) in [5, 5.41) is 12.8. The number of esters is 1. The van der Waals surface area contributed by atoms with Gasteiger partial charge in [0, 0.05) is 12.1 Å². The zero-order chi connectivity index (χ0) is 26.7. The lowest BCUT2D eigenvalue weighted by Crippen LogP contribution is -2.70. The van der Waals surface area contributed by atoms with E-state index in [1.807, 2.05) is 6.07 Å². The van der Waals surface area contributed by atoms with Crippen LogP contribution in [0.15, 0.2) is 66.1 Å². The Hall–Kier alpha value is -3.91. The minimum Gasteiger partial charge on any atom is -0.456 e. The summed E-state index contributed by atoms with van der Waals surface area (Å²) >= 11 is 1.13. The van der Waals surface area contributed by atoms with Crippen LogP contribution in [0.25, 0.3) is 0 Å². The number of thioether (sulfide) groups is 1. The van der Waals surface area contributed by atoms with Crippen molar-refractivity contribution < 1.29 is 36.6 Å². The van der Waals surface area contributed by atoms with E-state index < -0.39 is 38.3 Å². The van der Waals surface area contributed by atoms with Crippen LogP contribution in [-0.2, 0) is 46.4 Å². The van der Waals surface area contributed by atoms with Gasteiger partial charge in [0.05, 0.1) is 23.4 Å². The van der Waals surface area contributed by atoms with Crippen LogP contribution < -0.4 is 5.32 Å². The summed E-state index contributed by atoms with van der Waals surface area (Å²) in [5.41, 5.74) is 0.696. The summed E-state index contributed by atoms with van der Waals surface area (Å²) < 4.78 is 33.8. The van der Waals surface area contributed by atoms with Crippen molar-refractivity contribution >= 4 is 45.4 Å². The van der Waals surface area contributed by atoms with Crippen LogP contribution in [0, 0.1) is 10.1 Å². The topological polar surface area (TPSA) is 162 Å². The van der Waals surface area contributed by atoms with Crippen LogP contribution in [-0.4, -0.2) is 59.4 Å². The summed E-state index contributed by atoms with van der Waals surface area (Å²) in [5.74, 6) is -2.33. The fourth-order valence-electron chi connectivity index (χ4n) is 3.76. The molecule has 1 fully saturated rings. The monoisotopic (exact) mass is 547 g/mol. The molecule has 0 aromatic heterocycles. The van der Waals surface area contributed by atoms with E-state index in [1.54, 1.807) is 24.3 Å². The maximum absolute atomic E-state index is 13.0. The number of ether oxygens (including phenoxy) is 1. The second-order valence-electron chi connectivity index (χ2n) is 8.18. The number of hydrogen-bond acceptors (Lipinski definition) is 10. The van der Waals surface area contributed by atoms with Crippen molar-refractivity contribution in [1.29, 1.82) is 0 Å². The number of amides is 2. The normalized spacial score (nSPS) is 18.9. The zero-order valence-corrected chi connectivity index (χ0v) is 21.0. The predicted octanol–water partition coefficient (Wildman–Crippen LogP) is 1.47. The van der Waals surface area contributed by atoms with Gasteiger partial charge in [0.15, 0.2) is 11.5 Å². The fraction of sp³-hybridized carbons (Fsp3) is 0.261. The van der Waals surface area contributed by atoms with E-state index in [9.17, 15) is 32.9 Å². The maximum Gasteiger partial charge on any atom is 0.359 e. The van der Waals surface area contributed by atoms with E-state index >= 15 is 0 Å². The Morgan fingerprint density at radius 3 is 2.43 bits per heavy atom. The third-order valence-electron chi connectivity index (χ3n) is 5.42. The van der Waals surface area contributed by atoms with Crippen LogP contribution in [0.1, 0.15) is 11.1 Å². The highest BCUT2D eigenvalue weighted by molar-refractivity contribution is 8.00. The van der Waals surface area contributed by atoms with Crippen molar-refractivity contribution in [1.82, 2.24) is 10.2 Å². The number of fused-ring (bicyclic) bond motifs is 1. The first-order chi connectivity index (χ1) is 17.5. The van der Waals surface area contributed by atoms with Gasteiger partial charge in [-0.2, -0.15) is 8.42 Å². The third-order valence-corrected chi connectivity index (χ3v) is 7.18. The number of rotatable bonds is 9. The van der Waals surface area contributed by atoms with Gasteiger partial charge < -0.3 is 14.2 Å². The molecule has 0 saturated carbocycles. The average molecular weight is 548 g/mol. The van der Waals surface area contributed by atoms with Crippen LogP contribution in [0.2, 0.25) is 0 Å². The first-order valence-corrected chi connectivity index (χ1v) is 13.7.